The molecule has 2 fully saturated rings. The Bertz CT molecular complexity index is 606. The van der Waals surface area contributed by atoms with Gasteiger partial charge in [-0.2, -0.15) is 4.31 Å². The summed E-state index contributed by atoms with van der Waals surface area (Å²) in [6.45, 7) is 2.83. The molecule has 0 aromatic heterocycles. The number of hydrogen-bond acceptors (Lipinski definition) is 3. The van der Waals surface area contributed by atoms with Crippen molar-refractivity contribution < 1.29 is 8.42 Å². The molecule has 1 aliphatic carbocycles. The Labute approximate surface area is 138 Å². The lowest BCUT2D eigenvalue weighted by Crippen LogP contribution is -2.52. The van der Waals surface area contributed by atoms with Crippen LogP contribution in [0.5, 0.6) is 0 Å². The predicted octanol–water partition coefficient (Wildman–Crippen LogP) is 2.98. The summed E-state index contributed by atoms with van der Waals surface area (Å²) in [4.78, 5) is 2.77. The third-order valence-corrected chi connectivity index (χ3v) is 6.93. The second kappa shape index (κ2) is 6.87. The Kier molecular flexibility index (Phi) is 5.07. The summed E-state index contributed by atoms with van der Waals surface area (Å²) in [6, 6.07) is 7.19. The quantitative estimate of drug-likeness (QED) is 0.848. The summed E-state index contributed by atoms with van der Waals surface area (Å²) in [5.41, 5.74) is 0. The molecule has 1 aromatic rings. The Morgan fingerprint density at radius 1 is 1.00 bits per heavy atom. The van der Waals surface area contributed by atoms with E-state index < -0.39 is 10.0 Å². The number of hydrogen-bond donors (Lipinski definition) is 0. The third kappa shape index (κ3) is 3.48. The van der Waals surface area contributed by atoms with Gasteiger partial charge in [-0.3, -0.25) is 4.90 Å². The average molecular weight is 343 g/mol. The first-order valence-electron chi connectivity index (χ1n) is 8.07. The van der Waals surface area contributed by atoms with Crippen molar-refractivity contribution in [2.45, 2.75) is 43.0 Å². The molecule has 0 bridgehead atoms. The molecule has 1 saturated carbocycles. The molecule has 122 valence electrons. The zero-order chi connectivity index (χ0) is 15.6. The van der Waals surface area contributed by atoms with Gasteiger partial charge >= 0.3 is 0 Å². The summed E-state index contributed by atoms with van der Waals surface area (Å²) >= 11 is 5.92. The molecular weight excluding hydrogens is 320 g/mol. The molecule has 3 rings (SSSR count). The first-order valence-corrected chi connectivity index (χ1v) is 9.89. The van der Waals surface area contributed by atoms with E-state index in [2.05, 4.69) is 4.90 Å². The zero-order valence-electron chi connectivity index (χ0n) is 12.7. The summed E-state index contributed by atoms with van der Waals surface area (Å²) in [5, 5.41) is 0.460. The predicted molar refractivity (Wildman–Crippen MR) is 88.7 cm³/mol. The largest absolute Gasteiger partial charge is 0.298 e. The van der Waals surface area contributed by atoms with Crippen LogP contribution in [0.1, 0.15) is 32.1 Å². The number of benzene rings is 1. The van der Waals surface area contributed by atoms with Crippen LogP contribution in [0.4, 0.5) is 0 Å². The molecule has 1 aliphatic heterocycles. The molecule has 1 heterocycles. The van der Waals surface area contributed by atoms with Gasteiger partial charge in [0.05, 0.1) is 4.90 Å². The molecule has 6 heteroatoms. The van der Waals surface area contributed by atoms with Crippen LogP contribution in [-0.2, 0) is 10.0 Å². The van der Waals surface area contributed by atoms with Gasteiger partial charge in [0.15, 0.2) is 0 Å². The lowest BCUT2D eigenvalue weighted by Gasteiger charge is -2.40. The van der Waals surface area contributed by atoms with Crippen LogP contribution in [0.25, 0.3) is 0 Å². The first kappa shape index (κ1) is 16.2. The molecule has 0 N–H and O–H groups in total. The van der Waals surface area contributed by atoms with Crippen LogP contribution in [0.15, 0.2) is 29.2 Å². The van der Waals surface area contributed by atoms with E-state index in [1.807, 2.05) is 0 Å². The van der Waals surface area contributed by atoms with Crippen molar-refractivity contribution in [1.82, 2.24) is 9.21 Å². The Morgan fingerprint density at radius 3 is 2.32 bits per heavy atom. The van der Waals surface area contributed by atoms with Crippen LogP contribution in [0, 0.1) is 0 Å². The van der Waals surface area contributed by atoms with E-state index in [4.69, 9.17) is 11.6 Å². The van der Waals surface area contributed by atoms with Gasteiger partial charge in [-0.25, -0.2) is 8.42 Å². The van der Waals surface area contributed by atoms with Crippen molar-refractivity contribution in [3.63, 3.8) is 0 Å². The normalized spacial score (nSPS) is 22.8. The SMILES string of the molecule is O=S(=O)(c1cccc(Cl)c1)N1CCN(C2CCCCC2)CC1. The Balaban J connectivity index is 1.65. The molecule has 0 unspecified atom stereocenters. The van der Waals surface area contributed by atoms with E-state index in [1.54, 1.807) is 22.5 Å². The van der Waals surface area contributed by atoms with Gasteiger partial charge in [-0.15, -0.1) is 0 Å². The topological polar surface area (TPSA) is 40.6 Å². The molecule has 1 aromatic carbocycles. The minimum Gasteiger partial charge on any atom is -0.298 e. The number of nitrogens with zero attached hydrogens (tertiary/aromatic N) is 2. The van der Waals surface area contributed by atoms with Gasteiger partial charge in [0, 0.05) is 37.2 Å². The molecule has 1 saturated heterocycles. The molecule has 22 heavy (non-hydrogen) atoms. The summed E-state index contributed by atoms with van der Waals surface area (Å²) in [6.07, 6.45) is 6.50. The molecule has 0 amide bonds. The van der Waals surface area contributed by atoms with Gasteiger partial charge in [0.2, 0.25) is 10.0 Å². The number of sulfonamides is 1. The summed E-state index contributed by atoms with van der Waals surface area (Å²) in [7, 11) is -3.42. The Morgan fingerprint density at radius 2 is 1.68 bits per heavy atom. The second-order valence-electron chi connectivity index (χ2n) is 6.19. The van der Waals surface area contributed by atoms with Crippen LogP contribution in [0.2, 0.25) is 5.02 Å². The smallest absolute Gasteiger partial charge is 0.243 e. The highest BCUT2D eigenvalue weighted by Gasteiger charge is 2.31. The van der Waals surface area contributed by atoms with Gasteiger partial charge < -0.3 is 0 Å². The summed E-state index contributed by atoms with van der Waals surface area (Å²) < 4.78 is 26.9. The maximum Gasteiger partial charge on any atom is 0.243 e. The van der Waals surface area contributed by atoms with Gasteiger partial charge in [0.25, 0.3) is 0 Å². The van der Waals surface area contributed by atoms with E-state index >= 15 is 0 Å². The number of rotatable bonds is 3. The van der Waals surface area contributed by atoms with Gasteiger partial charge in [-0.05, 0) is 31.0 Å². The van der Waals surface area contributed by atoms with Crippen LogP contribution >= 0.6 is 11.6 Å². The second-order valence-corrected chi connectivity index (χ2v) is 8.56. The molecule has 0 spiro atoms. The van der Waals surface area contributed by atoms with E-state index in [-0.39, 0.29) is 0 Å². The highest BCUT2D eigenvalue weighted by Crippen LogP contribution is 2.25. The van der Waals surface area contributed by atoms with Gasteiger partial charge in [-0.1, -0.05) is 36.9 Å². The fourth-order valence-electron chi connectivity index (χ4n) is 3.53. The number of halogens is 1. The lowest BCUT2D eigenvalue weighted by atomic mass is 9.94. The fraction of sp³-hybridized carbons (Fsp3) is 0.625. The van der Waals surface area contributed by atoms with Crippen molar-refractivity contribution in [3.8, 4) is 0 Å². The average Bonchev–Trinajstić information content (AvgIpc) is 2.56. The monoisotopic (exact) mass is 342 g/mol. The van der Waals surface area contributed by atoms with Crippen molar-refractivity contribution in [2.75, 3.05) is 26.2 Å². The molecule has 0 radical (unpaired) electrons. The van der Waals surface area contributed by atoms with Crippen LogP contribution in [0.3, 0.4) is 0 Å². The minimum atomic E-state index is -3.42. The highest BCUT2D eigenvalue weighted by atomic mass is 35.5. The maximum absolute atomic E-state index is 12.7. The third-order valence-electron chi connectivity index (χ3n) is 4.80. The van der Waals surface area contributed by atoms with Crippen LogP contribution < -0.4 is 0 Å². The van der Waals surface area contributed by atoms with Crippen molar-refractivity contribution in [2.24, 2.45) is 0 Å². The highest BCUT2D eigenvalue weighted by molar-refractivity contribution is 7.89. The van der Waals surface area contributed by atoms with Crippen molar-refractivity contribution >= 4 is 21.6 Å². The van der Waals surface area contributed by atoms with E-state index in [0.717, 1.165) is 13.1 Å². The van der Waals surface area contributed by atoms with Crippen molar-refractivity contribution in [3.05, 3.63) is 29.3 Å². The molecule has 4 nitrogen and oxygen atoms in total. The van der Waals surface area contributed by atoms with E-state index in [9.17, 15) is 8.42 Å². The minimum absolute atomic E-state index is 0.297. The van der Waals surface area contributed by atoms with Crippen LogP contribution in [-0.4, -0.2) is 49.8 Å². The van der Waals surface area contributed by atoms with Crippen molar-refractivity contribution in [1.29, 1.82) is 0 Å². The zero-order valence-corrected chi connectivity index (χ0v) is 14.3. The lowest BCUT2D eigenvalue weighted by molar-refractivity contribution is 0.111. The molecular formula is C16H23ClN2O2S. The standard InChI is InChI=1S/C16H23ClN2O2S/c17-14-5-4-8-16(13-14)22(20,21)19-11-9-18(10-12-19)15-6-2-1-3-7-15/h4-5,8,13,15H,1-3,6-7,9-12H2. The maximum atomic E-state index is 12.7. The fourth-order valence-corrected chi connectivity index (χ4v) is 5.26. The number of piperazine rings is 1. The summed E-state index contributed by atoms with van der Waals surface area (Å²) in [5.74, 6) is 0. The molecule has 2 aliphatic rings. The molecule has 0 atom stereocenters. The van der Waals surface area contributed by atoms with E-state index in [0.29, 0.717) is 29.0 Å². The van der Waals surface area contributed by atoms with Gasteiger partial charge in [0.1, 0.15) is 0 Å². The Hall–Kier alpha value is -0.620. The first-order chi connectivity index (χ1) is 10.6. The van der Waals surface area contributed by atoms with E-state index in [1.165, 1.54) is 38.2 Å².